The van der Waals surface area contributed by atoms with Crippen LogP contribution in [0.25, 0.3) is 0 Å². The third-order valence-electron chi connectivity index (χ3n) is 3.70. The molecule has 0 aromatic heterocycles. The van der Waals surface area contributed by atoms with Crippen LogP contribution < -0.4 is 9.46 Å². The Kier molecular flexibility index (Phi) is 6.41. The maximum absolute atomic E-state index is 12.3. The van der Waals surface area contributed by atoms with Crippen LogP contribution >= 0.6 is 0 Å². The molecule has 2 atom stereocenters. The van der Waals surface area contributed by atoms with Crippen molar-refractivity contribution in [2.75, 3.05) is 6.61 Å². The molecule has 0 aliphatic carbocycles. The van der Waals surface area contributed by atoms with E-state index in [0.717, 1.165) is 16.7 Å². The van der Waals surface area contributed by atoms with Gasteiger partial charge in [-0.05, 0) is 66.5 Å². The fraction of sp³-hybridized carbons (Fsp3) is 0.667. The van der Waals surface area contributed by atoms with Crippen molar-refractivity contribution in [2.45, 2.75) is 71.8 Å². The van der Waals surface area contributed by atoms with Crippen molar-refractivity contribution in [1.82, 2.24) is 4.72 Å². The van der Waals surface area contributed by atoms with Gasteiger partial charge in [-0.3, -0.25) is 0 Å². The van der Waals surface area contributed by atoms with Gasteiger partial charge in [0.15, 0.2) is 0 Å². The molecule has 0 heterocycles. The number of hydrogen-bond donors (Lipinski definition) is 2. The highest BCUT2D eigenvalue weighted by Crippen LogP contribution is 2.36. The molecule has 2 N–H and O–H groups in total. The van der Waals surface area contributed by atoms with E-state index in [2.05, 4.69) is 4.72 Å². The minimum absolute atomic E-state index is 0.0786. The first-order valence-corrected chi connectivity index (χ1v) is 9.21. The zero-order valence-corrected chi connectivity index (χ0v) is 16.4. The summed E-state index contributed by atoms with van der Waals surface area (Å²) in [4.78, 5) is 0. The van der Waals surface area contributed by atoms with E-state index in [0.29, 0.717) is 12.4 Å². The predicted molar refractivity (Wildman–Crippen MR) is 97.0 cm³/mol. The molecule has 5 heteroatoms. The lowest BCUT2D eigenvalue weighted by Crippen LogP contribution is -2.35. The van der Waals surface area contributed by atoms with Gasteiger partial charge in [0.25, 0.3) is 0 Å². The quantitative estimate of drug-likeness (QED) is 0.829. The van der Waals surface area contributed by atoms with Gasteiger partial charge in [0.05, 0.1) is 27.9 Å². The van der Waals surface area contributed by atoms with Crippen LogP contribution in [-0.2, 0) is 16.6 Å². The molecule has 0 bridgehead atoms. The largest absolute Gasteiger partial charge is 0.493 e. The van der Waals surface area contributed by atoms with E-state index in [1.165, 1.54) is 0 Å². The van der Waals surface area contributed by atoms with Crippen molar-refractivity contribution in [2.24, 2.45) is 0 Å². The van der Waals surface area contributed by atoms with Crippen molar-refractivity contribution < 1.29 is 14.1 Å². The van der Waals surface area contributed by atoms with E-state index in [-0.39, 0.29) is 10.8 Å². The third kappa shape index (κ3) is 5.03. The Bertz CT molecular complexity index is 571. The highest BCUT2D eigenvalue weighted by Gasteiger charge is 2.26. The van der Waals surface area contributed by atoms with Crippen LogP contribution in [0, 0.1) is 6.92 Å². The summed E-state index contributed by atoms with van der Waals surface area (Å²) >= 11 is 0. The highest BCUT2D eigenvalue weighted by molar-refractivity contribution is 7.84. The molecule has 23 heavy (non-hydrogen) atoms. The molecule has 0 radical (unpaired) electrons. The summed E-state index contributed by atoms with van der Waals surface area (Å²) in [6.45, 7) is 15.8. The van der Waals surface area contributed by atoms with Crippen LogP contribution in [0.3, 0.4) is 0 Å². The summed E-state index contributed by atoms with van der Waals surface area (Å²) in [5, 5.41) is 10.4. The van der Waals surface area contributed by atoms with Gasteiger partial charge in [0.2, 0.25) is 0 Å². The van der Waals surface area contributed by atoms with Gasteiger partial charge in [0.1, 0.15) is 5.75 Å². The summed E-state index contributed by atoms with van der Waals surface area (Å²) in [5.74, 6) is 0.715. The van der Waals surface area contributed by atoms with E-state index in [9.17, 15) is 9.32 Å². The average molecular weight is 342 g/mol. The lowest BCUT2D eigenvalue weighted by atomic mass is 9.91. The Morgan fingerprint density at radius 2 is 1.83 bits per heavy atom. The first-order chi connectivity index (χ1) is 10.4. The highest BCUT2D eigenvalue weighted by atomic mass is 32.2. The molecule has 0 spiro atoms. The van der Waals surface area contributed by atoms with Gasteiger partial charge in [-0.1, -0.05) is 12.1 Å². The molecule has 0 amide bonds. The first-order valence-electron chi connectivity index (χ1n) is 8.06. The van der Waals surface area contributed by atoms with Gasteiger partial charge < -0.3 is 9.84 Å². The fourth-order valence-corrected chi connectivity index (χ4v) is 3.19. The van der Waals surface area contributed by atoms with Crippen LogP contribution in [0.1, 0.15) is 71.2 Å². The van der Waals surface area contributed by atoms with Crippen molar-refractivity contribution in [3.05, 3.63) is 28.8 Å². The zero-order chi connectivity index (χ0) is 18.0. The van der Waals surface area contributed by atoms with Gasteiger partial charge >= 0.3 is 0 Å². The summed E-state index contributed by atoms with van der Waals surface area (Å²) in [7, 11) is -1.15. The van der Waals surface area contributed by atoms with Crippen LogP contribution in [0.15, 0.2) is 12.1 Å². The fourth-order valence-electron chi connectivity index (χ4n) is 2.39. The number of ether oxygens (including phenoxy) is 1. The van der Waals surface area contributed by atoms with E-state index >= 15 is 0 Å². The minimum Gasteiger partial charge on any atom is -0.493 e. The molecule has 4 nitrogen and oxygen atoms in total. The van der Waals surface area contributed by atoms with Gasteiger partial charge in [-0.25, -0.2) is 8.93 Å². The predicted octanol–water partition coefficient (Wildman–Crippen LogP) is 3.73. The Morgan fingerprint density at radius 1 is 1.26 bits per heavy atom. The molecular formula is C18H31NO3S. The number of hydrogen-bond acceptors (Lipinski definition) is 3. The van der Waals surface area contributed by atoms with Crippen molar-refractivity contribution in [3.63, 3.8) is 0 Å². The van der Waals surface area contributed by atoms with Crippen LogP contribution in [0.2, 0.25) is 0 Å². The molecule has 0 saturated carbocycles. The molecule has 132 valence electrons. The first kappa shape index (κ1) is 20.1. The topological polar surface area (TPSA) is 58.6 Å². The van der Waals surface area contributed by atoms with Crippen LogP contribution in [0.5, 0.6) is 5.75 Å². The Labute approximate surface area is 143 Å². The standard InChI is InChI=1S/C18H31NO3S/c1-9-22-16-12(2)14(10-11-15(16)18(7,8)20)13(3)19-23(21)17(4,5)6/h10-11,13,19-20H,9H2,1-8H3/t13-,23?/m1/s1. The Hall–Kier alpha value is -0.910. The molecule has 0 saturated heterocycles. The van der Waals surface area contributed by atoms with Gasteiger partial charge in [-0.15, -0.1) is 0 Å². The normalized spacial score (nSPS) is 15.3. The van der Waals surface area contributed by atoms with Gasteiger partial charge in [-0.2, -0.15) is 0 Å². The Balaban J connectivity index is 3.24. The molecule has 1 unspecified atom stereocenters. The van der Waals surface area contributed by atoms with Gasteiger partial charge in [0, 0.05) is 11.6 Å². The molecule has 0 aliphatic heterocycles. The lowest BCUT2D eigenvalue weighted by Gasteiger charge is -2.27. The van der Waals surface area contributed by atoms with Crippen LogP contribution in [0.4, 0.5) is 0 Å². The number of nitrogens with one attached hydrogen (secondary N) is 1. The van der Waals surface area contributed by atoms with E-state index in [1.807, 2.05) is 53.7 Å². The smallest absolute Gasteiger partial charge is 0.128 e. The van der Waals surface area contributed by atoms with Crippen molar-refractivity contribution in [3.8, 4) is 5.75 Å². The summed E-state index contributed by atoms with van der Waals surface area (Å²) in [6.07, 6.45) is 0. The monoisotopic (exact) mass is 341 g/mol. The second-order valence-corrected chi connectivity index (χ2v) is 9.37. The van der Waals surface area contributed by atoms with Crippen LogP contribution in [-0.4, -0.2) is 20.7 Å². The SMILES string of the molecule is CCOc1c(C(C)(C)O)ccc([C@@H](C)NS(=O)C(C)(C)C)c1C. The number of rotatable bonds is 6. The summed E-state index contributed by atoms with van der Waals surface area (Å²) in [6, 6.07) is 3.79. The average Bonchev–Trinajstić information content (AvgIpc) is 2.38. The molecular weight excluding hydrogens is 310 g/mol. The maximum Gasteiger partial charge on any atom is 0.128 e. The Morgan fingerprint density at radius 3 is 2.26 bits per heavy atom. The maximum atomic E-state index is 12.3. The van der Waals surface area contributed by atoms with Crippen molar-refractivity contribution >= 4 is 11.0 Å². The zero-order valence-electron chi connectivity index (χ0n) is 15.6. The van der Waals surface area contributed by atoms with E-state index < -0.39 is 16.6 Å². The lowest BCUT2D eigenvalue weighted by molar-refractivity contribution is 0.0747. The number of benzene rings is 1. The second kappa shape index (κ2) is 7.32. The summed E-state index contributed by atoms with van der Waals surface area (Å²) < 4.78 is 21.0. The van der Waals surface area contributed by atoms with E-state index in [1.54, 1.807) is 13.8 Å². The van der Waals surface area contributed by atoms with E-state index in [4.69, 9.17) is 4.74 Å². The summed E-state index contributed by atoms with van der Waals surface area (Å²) in [5.41, 5.74) is 1.79. The molecule has 0 fully saturated rings. The molecule has 1 rings (SSSR count). The van der Waals surface area contributed by atoms with Crippen molar-refractivity contribution in [1.29, 1.82) is 0 Å². The minimum atomic E-state index is -1.15. The molecule has 1 aromatic rings. The third-order valence-corrected chi connectivity index (χ3v) is 5.38. The molecule has 1 aromatic carbocycles. The number of aliphatic hydroxyl groups is 1. The second-order valence-electron chi connectivity index (χ2n) is 7.37. The molecule has 0 aliphatic rings.